The Balaban J connectivity index is 2.71. The Kier molecular flexibility index (Phi) is 6.73. The van der Waals surface area contributed by atoms with E-state index in [4.69, 9.17) is 15.2 Å². The van der Waals surface area contributed by atoms with Crippen LogP contribution < -0.4 is 20.6 Å². The monoisotopic (exact) mass is 329 g/mol. The zero-order valence-corrected chi connectivity index (χ0v) is 12.1. The first-order valence-corrected chi connectivity index (χ1v) is 6.75. The van der Waals surface area contributed by atoms with Gasteiger partial charge in [-0.25, -0.2) is 10.2 Å². The number of ether oxygens (including phenoxy) is 2. The predicted octanol–water partition coefficient (Wildman–Crippen LogP) is 1.86. The van der Waals surface area contributed by atoms with Crippen molar-refractivity contribution >= 4 is 28.2 Å². The third-order valence-electron chi connectivity index (χ3n) is 2.11. The van der Waals surface area contributed by atoms with Crippen molar-refractivity contribution in [1.29, 1.82) is 0 Å². The zero-order valence-electron chi connectivity index (χ0n) is 10.6. The number of methoxy groups -OCH3 is 1. The number of nitrogens with one attached hydrogen (secondary N) is 1. The van der Waals surface area contributed by atoms with Gasteiger partial charge in [0.05, 0.1) is 19.9 Å². The van der Waals surface area contributed by atoms with Gasteiger partial charge in [0.1, 0.15) is 0 Å². The van der Waals surface area contributed by atoms with Gasteiger partial charge in [0.15, 0.2) is 11.5 Å². The number of amides is 2. The van der Waals surface area contributed by atoms with Crippen molar-refractivity contribution in [2.24, 2.45) is 10.8 Å². The number of nitrogens with two attached hydrogens (primary N) is 1. The van der Waals surface area contributed by atoms with Gasteiger partial charge in [-0.15, -0.1) is 0 Å². The molecule has 0 radical (unpaired) electrons. The summed E-state index contributed by atoms with van der Waals surface area (Å²) in [4.78, 5) is 10.5. The topological polar surface area (TPSA) is 85.9 Å². The van der Waals surface area contributed by atoms with E-state index in [0.29, 0.717) is 18.1 Å². The Hall–Kier alpha value is -1.76. The second-order valence-corrected chi connectivity index (χ2v) is 4.33. The van der Waals surface area contributed by atoms with Crippen molar-refractivity contribution in [3.05, 3.63) is 23.8 Å². The molecule has 1 aromatic carbocycles. The molecular weight excluding hydrogens is 314 g/mol. The minimum absolute atomic E-state index is 0.609. The van der Waals surface area contributed by atoms with Gasteiger partial charge < -0.3 is 15.2 Å². The number of hydrogen-bond acceptors (Lipinski definition) is 4. The van der Waals surface area contributed by atoms with Crippen LogP contribution in [0, 0.1) is 0 Å². The second kappa shape index (κ2) is 8.36. The van der Waals surface area contributed by atoms with Gasteiger partial charge in [0.2, 0.25) is 0 Å². The molecule has 2 amide bonds. The molecule has 0 saturated heterocycles. The van der Waals surface area contributed by atoms with Gasteiger partial charge >= 0.3 is 6.03 Å². The number of benzene rings is 1. The molecule has 3 N–H and O–H groups in total. The van der Waals surface area contributed by atoms with Crippen molar-refractivity contribution in [2.45, 2.75) is 6.42 Å². The summed E-state index contributed by atoms with van der Waals surface area (Å²) in [6, 6.07) is 4.64. The van der Waals surface area contributed by atoms with Gasteiger partial charge in [-0.3, -0.25) is 0 Å². The van der Waals surface area contributed by atoms with E-state index in [2.05, 4.69) is 26.5 Å². The number of carbonyl (C=O) groups excluding carboxylic acids is 1. The van der Waals surface area contributed by atoms with Crippen LogP contribution in [-0.2, 0) is 0 Å². The summed E-state index contributed by atoms with van der Waals surface area (Å²) in [5.41, 5.74) is 7.77. The fourth-order valence-corrected chi connectivity index (χ4v) is 1.52. The Bertz CT molecular complexity index is 452. The van der Waals surface area contributed by atoms with E-state index >= 15 is 0 Å². The maximum Gasteiger partial charge on any atom is 0.332 e. The van der Waals surface area contributed by atoms with Gasteiger partial charge in [0.25, 0.3) is 0 Å². The highest BCUT2D eigenvalue weighted by Crippen LogP contribution is 2.27. The van der Waals surface area contributed by atoms with Crippen LogP contribution in [0.15, 0.2) is 23.3 Å². The fraction of sp³-hybridized carbons (Fsp3) is 0.333. The highest BCUT2D eigenvalue weighted by atomic mass is 79.9. The average molecular weight is 330 g/mol. The number of urea groups is 1. The molecule has 0 unspecified atom stereocenters. The van der Waals surface area contributed by atoms with E-state index < -0.39 is 6.03 Å². The maximum absolute atomic E-state index is 10.5. The Morgan fingerprint density at radius 1 is 1.53 bits per heavy atom. The molecule has 0 aliphatic rings. The lowest BCUT2D eigenvalue weighted by Crippen LogP contribution is -2.24. The molecule has 19 heavy (non-hydrogen) atoms. The van der Waals surface area contributed by atoms with Crippen molar-refractivity contribution in [1.82, 2.24) is 5.43 Å². The SMILES string of the molecule is COc1cc(C=NNC(N)=O)ccc1OCCCBr. The van der Waals surface area contributed by atoms with Crippen molar-refractivity contribution in [3.63, 3.8) is 0 Å². The Morgan fingerprint density at radius 2 is 2.32 bits per heavy atom. The van der Waals surface area contributed by atoms with Crippen LogP contribution in [0.2, 0.25) is 0 Å². The van der Waals surface area contributed by atoms with Crippen molar-refractivity contribution in [3.8, 4) is 11.5 Å². The van der Waals surface area contributed by atoms with Crippen LogP contribution in [0.4, 0.5) is 4.79 Å². The van der Waals surface area contributed by atoms with E-state index in [1.165, 1.54) is 6.21 Å². The smallest absolute Gasteiger partial charge is 0.332 e. The molecule has 1 rings (SSSR count). The van der Waals surface area contributed by atoms with Crippen LogP contribution in [0.3, 0.4) is 0 Å². The zero-order chi connectivity index (χ0) is 14.1. The number of hydrazone groups is 1. The Morgan fingerprint density at radius 3 is 2.95 bits per heavy atom. The fourth-order valence-electron chi connectivity index (χ4n) is 1.29. The molecule has 0 saturated carbocycles. The van der Waals surface area contributed by atoms with E-state index in [-0.39, 0.29) is 0 Å². The van der Waals surface area contributed by atoms with Gasteiger partial charge in [0, 0.05) is 5.33 Å². The number of primary amides is 1. The first kappa shape index (κ1) is 15.3. The first-order valence-electron chi connectivity index (χ1n) is 5.62. The lowest BCUT2D eigenvalue weighted by atomic mass is 10.2. The van der Waals surface area contributed by atoms with Crippen LogP contribution >= 0.6 is 15.9 Å². The van der Waals surface area contributed by atoms with Gasteiger partial charge in [-0.1, -0.05) is 15.9 Å². The Labute approximate surface area is 120 Å². The predicted molar refractivity (Wildman–Crippen MR) is 77.2 cm³/mol. The molecule has 0 bridgehead atoms. The molecule has 0 heterocycles. The van der Waals surface area contributed by atoms with E-state index in [1.54, 1.807) is 25.3 Å². The van der Waals surface area contributed by atoms with Crippen LogP contribution in [0.5, 0.6) is 11.5 Å². The molecular formula is C12H16BrN3O3. The van der Waals surface area contributed by atoms with E-state index in [9.17, 15) is 4.79 Å². The van der Waals surface area contributed by atoms with E-state index in [0.717, 1.165) is 17.3 Å². The molecule has 7 heteroatoms. The molecule has 0 atom stereocenters. The lowest BCUT2D eigenvalue weighted by molar-refractivity contribution is 0.249. The summed E-state index contributed by atoms with van der Waals surface area (Å²) in [7, 11) is 1.56. The summed E-state index contributed by atoms with van der Waals surface area (Å²) in [6.45, 7) is 0.609. The summed E-state index contributed by atoms with van der Waals surface area (Å²) < 4.78 is 10.8. The van der Waals surface area contributed by atoms with Crippen molar-refractivity contribution in [2.75, 3.05) is 19.0 Å². The molecule has 0 spiro atoms. The highest BCUT2D eigenvalue weighted by molar-refractivity contribution is 9.09. The highest BCUT2D eigenvalue weighted by Gasteiger charge is 2.04. The summed E-state index contributed by atoms with van der Waals surface area (Å²) in [5, 5.41) is 4.56. The van der Waals surface area contributed by atoms with E-state index in [1.807, 2.05) is 0 Å². The van der Waals surface area contributed by atoms with Crippen LogP contribution in [0.25, 0.3) is 0 Å². The number of halogens is 1. The quantitative estimate of drug-likeness (QED) is 0.346. The number of carbonyl (C=O) groups is 1. The van der Waals surface area contributed by atoms with Gasteiger partial charge in [-0.05, 0) is 30.2 Å². The molecule has 6 nitrogen and oxygen atoms in total. The molecule has 0 aliphatic carbocycles. The molecule has 104 valence electrons. The standard InChI is InChI=1S/C12H16BrN3O3/c1-18-11-7-9(8-15-16-12(14)17)3-4-10(11)19-6-2-5-13/h3-4,7-8H,2,5-6H2,1H3,(H3,14,16,17). The summed E-state index contributed by atoms with van der Waals surface area (Å²) in [5.74, 6) is 1.28. The largest absolute Gasteiger partial charge is 0.493 e. The first-order chi connectivity index (χ1) is 9.17. The summed E-state index contributed by atoms with van der Waals surface area (Å²) in [6.07, 6.45) is 2.38. The number of nitrogens with zero attached hydrogens (tertiary/aromatic N) is 1. The van der Waals surface area contributed by atoms with Crippen LogP contribution in [-0.4, -0.2) is 31.3 Å². The molecule has 0 aliphatic heterocycles. The minimum Gasteiger partial charge on any atom is -0.493 e. The average Bonchev–Trinajstić information content (AvgIpc) is 2.39. The molecule has 1 aromatic rings. The number of hydrogen-bond donors (Lipinski definition) is 2. The lowest BCUT2D eigenvalue weighted by Gasteiger charge is -2.10. The minimum atomic E-state index is -0.710. The normalized spacial score (nSPS) is 10.4. The maximum atomic E-state index is 10.5. The molecule has 0 fully saturated rings. The van der Waals surface area contributed by atoms with Crippen LogP contribution in [0.1, 0.15) is 12.0 Å². The van der Waals surface area contributed by atoms with Crippen molar-refractivity contribution < 1.29 is 14.3 Å². The summed E-state index contributed by atoms with van der Waals surface area (Å²) >= 11 is 3.34. The molecule has 0 aromatic heterocycles. The van der Waals surface area contributed by atoms with Gasteiger partial charge in [-0.2, -0.15) is 5.10 Å². The number of alkyl halides is 1. The third kappa shape index (κ3) is 5.60. The number of rotatable bonds is 7. The third-order valence-corrected chi connectivity index (χ3v) is 2.67. The second-order valence-electron chi connectivity index (χ2n) is 3.54.